The van der Waals surface area contributed by atoms with Gasteiger partial charge in [-0.2, -0.15) is 0 Å². The van der Waals surface area contributed by atoms with Gasteiger partial charge in [0, 0.05) is 42.8 Å². The van der Waals surface area contributed by atoms with Crippen molar-refractivity contribution in [3.8, 4) is 5.75 Å². The highest BCUT2D eigenvalue weighted by molar-refractivity contribution is 5.80. The fraction of sp³-hybridized carbons (Fsp3) is 0.417. The molecule has 4 rings (SSSR count). The molecule has 1 aliphatic carbocycles. The molecule has 1 amide bonds. The van der Waals surface area contributed by atoms with Gasteiger partial charge in [0.25, 0.3) is 0 Å². The van der Waals surface area contributed by atoms with Crippen molar-refractivity contribution in [1.82, 2.24) is 4.90 Å². The molecule has 0 bridgehead atoms. The average Bonchev–Trinajstić information content (AvgIpc) is 3.63. The highest BCUT2D eigenvalue weighted by atomic mass is 16.5. The molecule has 0 radical (unpaired) electrons. The van der Waals surface area contributed by atoms with Crippen molar-refractivity contribution in [2.24, 2.45) is 5.92 Å². The summed E-state index contributed by atoms with van der Waals surface area (Å²) < 4.78 is 5.23. The molecule has 1 saturated carbocycles. The van der Waals surface area contributed by atoms with Gasteiger partial charge in [-0.3, -0.25) is 9.59 Å². The zero-order valence-corrected chi connectivity index (χ0v) is 16.9. The van der Waals surface area contributed by atoms with Crippen molar-refractivity contribution in [2.45, 2.75) is 38.3 Å². The van der Waals surface area contributed by atoms with Gasteiger partial charge in [-0.15, -0.1) is 0 Å². The van der Waals surface area contributed by atoms with Crippen LogP contribution in [0.4, 0.5) is 5.69 Å². The van der Waals surface area contributed by atoms with E-state index in [1.807, 2.05) is 48.5 Å². The lowest BCUT2D eigenvalue weighted by Crippen LogP contribution is -2.43. The first-order chi connectivity index (χ1) is 14.2. The van der Waals surface area contributed by atoms with E-state index in [1.165, 1.54) is 0 Å². The van der Waals surface area contributed by atoms with Gasteiger partial charge in [0.05, 0.1) is 7.11 Å². The van der Waals surface area contributed by atoms with Gasteiger partial charge in [0.15, 0.2) is 0 Å². The van der Waals surface area contributed by atoms with Crippen LogP contribution in [0.3, 0.4) is 0 Å². The van der Waals surface area contributed by atoms with Crippen LogP contribution in [0.15, 0.2) is 48.5 Å². The summed E-state index contributed by atoms with van der Waals surface area (Å²) in [4.78, 5) is 28.5. The molecule has 0 atom stereocenters. The molecule has 2 aromatic carbocycles. The highest BCUT2D eigenvalue weighted by Gasteiger charge is 2.36. The van der Waals surface area contributed by atoms with Gasteiger partial charge in [-0.25, -0.2) is 0 Å². The monoisotopic (exact) mass is 392 g/mol. The number of carbonyl (C=O) groups is 2. The van der Waals surface area contributed by atoms with Gasteiger partial charge >= 0.3 is 0 Å². The predicted molar refractivity (Wildman–Crippen MR) is 113 cm³/mol. The van der Waals surface area contributed by atoms with Crippen LogP contribution in [-0.4, -0.2) is 43.3 Å². The molecule has 2 aromatic rings. The third kappa shape index (κ3) is 4.61. The smallest absolute Gasteiger partial charge is 0.226 e. The number of methoxy groups -OCH3 is 1. The maximum atomic E-state index is 13.3. The van der Waals surface area contributed by atoms with Gasteiger partial charge in [0.2, 0.25) is 5.91 Å². The number of ether oxygens (including phenoxy) is 1. The standard InChI is InChI=1S/C24H28N2O3/c1-29-23-10-4-18(5-11-23)16-26(22-8-9-22)24(28)20-12-14-25(15-13-20)21-6-2-19(17-27)3-7-21/h2-7,10-11,17,20,22H,8-9,12-16H2,1H3. The van der Waals surface area contributed by atoms with E-state index in [0.29, 0.717) is 24.1 Å². The van der Waals surface area contributed by atoms with Gasteiger partial charge in [0.1, 0.15) is 12.0 Å². The molecule has 152 valence electrons. The number of amides is 1. The van der Waals surface area contributed by atoms with Crippen LogP contribution in [0.1, 0.15) is 41.6 Å². The zero-order chi connectivity index (χ0) is 20.2. The zero-order valence-electron chi connectivity index (χ0n) is 16.9. The molecule has 0 N–H and O–H groups in total. The number of carbonyl (C=O) groups excluding carboxylic acids is 2. The van der Waals surface area contributed by atoms with E-state index >= 15 is 0 Å². The summed E-state index contributed by atoms with van der Waals surface area (Å²) in [5.41, 5.74) is 2.97. The minimum absolute atomic E-state index is 0.0966. The maximum absolute atomic E-state index is 13.3. The summed E-state index contributed by atoms with van der Waals surface area (Å²) in [7, 11) is 1.66. The van der Waals surface area contributed by atoms with E-state index < -0.39 is 0 Å². The SMILES string of the molecule is COc1ccc(CN(C(=O)C2CCN(c3ccc(C=O)cc3)CC2)C2CC2)cc1. The Balaban J connectivity index is 1.36. The van der Waals surface area contributed by atoms with Crippen molar-refractivity contribution in [2.75, 3.05) is 25.1 Å². The number of hydrogen-bond donors (Lipinski definition) is 0. The second-order valence-electron chi connectivity index (χ2n) is 8.02. The van der Waals surface area contributed by atoms with Gasteiger partial charge < -0.3 is 14.5 Å². The second-order valence-corrected chi connectivity index (χ2v) is 8.02. The molecule has 1 aliphatic heterocycles. The molecule has 1 saturated heterocycles. The summed E-state index contributed by atoms with van der Waals surface area (Å²) in [6, 6.07) is 16.1. The van der Waals surface area contributed by atoms with Crippen LogP contribution >= 0.6 is 0 Å². The van der Waals surface area contributed by atoms with E-state index in [0.717, 1.165) is 62.1 Å². The summed E-state index contributed by atoms with van der Waals surface area (Å²) in [6.45, 7) is 2.43. The lowest BCUT2D eigenvalue weighted by atomic mass is 9.94. The molecule has 5 heteroatoms. The van der Waals surface area contributed by atoms with Crippen molar-refractivity contribution >= 4 is 17.9 Å². The first-order valence-corrected chi connectivity index (χ1v) is 10.4. The van der Waals surface area contributed by atoms with Crippen LogP contribution in [-0.2, 0) is 11.3 Å². The lowest BCUT2D eigenvalue weighted by molar-refractivity contribution is -0.137. The molecule has 29 heavy (non-hydrogen) atoms. The number of rotatable bonds is 7. The largest absolute Gasteiger partial charge is 0.497 e. The minimum Gasteiger partial charge on any atom is -0.497 e. The van der Waals surface area contributed by atoms with Crippen molar-refractivity contribution < 1.29 is 14.3 Å². The Morgan fingerprint density at radius 3 is 2.24 bits per heavy atom. The second kappa shape index (κ2) is 8.68. The van der Waals surface area contributed by atoms with E-state index in [4.69, 9.17) is 4.74 Å². The summed E-state index contributed by atoms with van der Waals surface area (Å²) in [6.07, 6.45) is 4.85. The molecule has 0 spiro atoms. The number of piperidine rings is 1. The molecular formula is C24H28N2O3. The van der Waals surface area contributed by atoms with E-state index in [9.17, 15) is 9.59 Å². The number of aldehydes is 1. The number of anilines is 1. The first-order valence-electron chi connectivity index (χ1n) is 10.4. The Labute approximate surface area is 172 Å². The third-order valence-corrected chi connectivity index (χ3v) is 6.02. The minimum atomic E-state index is 0.0966. The fourth-order valence-electron chi connectivity index (χ4n) is 4.08. The number of nitrogens with zero attached hydrogens (tertiary/aromatic N) is 2. The van der Waals surface area contributed by atoms with Crippen molar-refractivity contribution in [3.63, 3.8) is 0 Å². The Hall–Kier alpha value is -2.82. The number of hydrogen-bond acceptors (Lipinski definition) is 4. The van der Waals surface area contributed by atoms with E-state index in [2.05, 4.69) is 9.80 Å². The van der Waals surface area contributed by atoms with Gasteiger partial charge in [-0.05, 0) is 67.6 Å². The summed E-state index contributed by atoms with van der Waals surface area (Å²) in [5.74, 6) is 1.24. The third-order valence-electron chi connectivity index (χ3n) is 6.02. The summed E-state index contributed by atoms with van der Waals surface area (Å²) >= 11 is 0. The molecule has 2 aliphatic rings. The molecule has 2 fully saturated rings. The van der Waals surface area contributed by atoms with E-state index in [-0.39, 0.29) is 5.92 Å². The molecule has 0 unspecified atom stereocenters. The predicted octanol–water partition coefficient (Wildman–Crippen LogP) is 3.92. The number of benzene rings is 2. The Morgan fingerprint density at radius 1 is 1.03 bits per heavy atom. The van der Waals surface area contributed by atoms with Crippen LogP contribution in [0, 0.1) is 5.92 Å². The highest BCUT2D eigenvalue weighted by Crippen LogP contribution is 2.33. The lowest BCUT2D eigenvalue weighted by Gasteiger charge is -2.35. The van der Waals surface area contributed by atoms with Crippen molar-refractivity contribution in [1.29, 1.82) is 0 Å². The van der Waals surface area contributed by atoms with Crippen LogP contribution in [0.2, 0.25) is 0 Å². The average molecular weight is 392 g/mol. The molecule has 5 nitrogen and oxygen atoms in total. The summed E-state index contributed by atoms with van der Waals surface area (Å²) in [5, 5.41) is 0. The van der Waals surface area contributed by atoms with Crippen LogP contribution in [0.25, 0.3) is 0 Å². The van der Waals surface area contributed by atoms with E-state index in [1.54, 1.807) is 7.11 Å². The Kier molecular flexibility index (Phi) is 5.84. The normalized spacial score (nSPS) is 17.1. The van der Waals surface area contributed by atoms with Crippen LogP contribution in [0.5, 0.6) is 5.75 Å². The Bertz CT molecular complexity index is 835. The van der Waals surface area contributed by atoms with Crippen molar-refractivity contribution in [3.05, 3.63) is 59.7 Å². The quantitative estimate of drug-likeness (QED) is 0.670. The fourth-order valence-corrected chi connectivity index (χ4v) is 4.08. The maximum Gasteiger partial charge on any atom is 0.226 e. The molecule has 1 heterocycles. The van der Waals surface area contributed by atoms with Gasteiger partial charge in [-0.1, -0.05) is 12.1 Å². The molecule has 0 aromatic heterocycles. The molecular weight excluding hydrogens is 364 g/mol. The topological polar surface area (TPSA) is 49.9 Å². The Morgan fingerprint density at radius 2 is 1.69 bits per heavy atom. The first kappa shape index (κ1) is 19.5. The van der Waals surface area contributed by atoms with Crippen LogP contribution < -0.4 is 9.64 Å².